The number of carbonyl (C=O) groups is 1. The van der Waals surface area contributed by atoms with Crippen LogP contribution in [0, 0.1) is 0 Å². The fraction of sp³-hybridized carbons (Fsp3) is 0.462. The van der Waals surface area contributed by atoms with Crippen LogP contribution < -0.4 is 11.1 Å². The number of hydrogen-bond donors (Lipinski definition) is 2. The van der Waals surface area contributed by atoms with Crippen LogP contribution >= 0.6 is 24.8 Å². The first kappa shape index (κ1) is 20.5. The van der Waals surface area contributed by atoms with Crippen LogP contribution in [0.3, 0.4) is 0 Å². The number of nitrogens with one attached hydrogen (secondary N) is 1. The van der Waals surface area contributed by atoms with Crippen LogP contribution in [-0.2, 0) is 11.2 Å². The molecule has 110 valence electrons. The van der Waals surface area contributed by atoms with Crippen molar-refractivity contribution >= 4 is 30.7 Å². The van der Waals surface area contributed by atoms with Gasteiger partial charge in [0.15, 0.2) is 0 Å². The number of amides is 1. The van der Waals surface area contributed by atoms with Gasteiger partial charge >= 0.3 is 0 Å². The van der Waals surface area contributed by atoms with E-state index in [2.05, 4.69) is 22.3 Å². The summed E-state index contributed by atoms with van der Waals surface area (Å²) in [6.07, 6.45) is 0.824. The first-order valence-corrected chi connectivity index (χ1v) is 5.80. The zero-order valence-corrected chi connectivity index (χ0v) is 13.0. The minimum Gasteiger partial charge on any atom is -0.351 e. The van der Waals surface area contributed by atoms with Crippen LogP contribution in [0.2, 0.25) is 0 Å². The van der Waals surface area contributed by atoms with Crippen molar-refractivity contribution in [2.45, 2.75) is 12.5 Å². The van der Waals surface area contributed by atoms with Crippen molar-refractivity contribution < 1.29 is 4.79 Å². The van der Waals surface area contributed by atoms with Gasteiger partial charge in [0, 0.05) is 12.6 Å². The predicted molar refractivity (Wildman–Crippen MR) is 84.2 cm³/mol. The summed E-state index contributed by atoms with van der Waals surface area (Å²) in [5.74, 6) is -0.104. The topological polar surface area (TPSA) is 58.4 Å². The molecule has 0 saturated carbocycles. The van der Waals surface area contributed by atoms with Crippen LogP contribution in [0.15, 0.2) is 30.3 Å². The summed E-state index contributed by atoms with van der Waals surface area (Å²) >= 11 is 0. The highest BCUT2D eigenvalue weighted by Gasteiger charge is 2.12. The van der Waals surface area contributed by atoms with E-state index in [0.717, 1.165) is 13.0 Å². The molecule has 1 rings (SSSR count). The van der Waals surface area contributed by atoms with Gasteiger partial charge in [-0.25, -0.2) is 0 Å². The maximum atomic E-state index is 11.3. The molecule has 0 heterocycles. The van der Waals surface area contributed by atoms with E-state index in [-0.39, 0.29) is 43.3 Å². The average Bonchev–Trinajstić information content (AvgIpc) is 2.29. The third-order valence-electron chi connectivity index (χ3n) is 2.46. The van der Waals surface area contributed by atoms with E-state index in [1.54, 1.807) is 0 Å². The van der Waals surface area contributed by atoms with E-state index in [9.17, 15) is 4.79 Å². The van der Waals surface area contributed by atoms with E-state index < -0.39 is 0 Å². The molecular weight excluding hydrogens is 285 g/mol. The van der Waals surface area contributed by atoms with Crippen molar-refractivity contribution in [1.29, 1.82) is 0 Å². The highest BCUT2D eigenvalue weighted by atomic mass is 35.5. The van der Waals surface area contributed by atoms with Crippen LogP contribution in [-0.4, -0.2) is 44.0 Å². The Morgan fingerprint density at radius 3 is 2.32 bits per heavy atom. The molecular formula is C13H23Cl2N3O. The quantitative estimate of drug-likeness (QED) is 0.827. The van der Waals surface area contributed by atoms with Crippen LogP contribution in [0.25, 0.3) is 0 Å². The molecule has 0 aliphatic carbocycles. The number of halogens is 2. The molecule has 6 heteroatoms. The number of carbonyl (C=O) groups excluding carboxylic acids is 1. The smallest absolute Gasteiger partial charge is 0.234 e. The zero-order chi connectivity index (χ0) is 12.7. The molecule has 0 aliphatic heterocycles. The minimum atomic E-state index is -0.104. The molecule has 19 heavy (non-hydrogen) atoms. The van der Waals surface area contributed by atoms with Crippen molar-refractivity contribution in [2.24, 2.45) is 5.73 Å². The second-order valence-corrected chi connectivity index (χ2v) is 4.42. The molecule has 1 aromatic carbocycles. The number of likely N-dealkylation sites (N-methyl/N-ethyl adjacent to an activating group) is 1. The van der Waals surface area contributed by atoms with Gasteiger partial charge in [-0.3, -0.25) is 4.79 Å². The van der Waals surface area contributed by atoms with Gasteiger partial charge in [0.2, 0.25) is 5.91 Å². The lowest BCUT2D eigenvalue weighted by Gasteiger charge is -2.22. The number of nitrogens with two attached hydrogens (primary N) is 1. The van der Waals surface area contributed by atoms with Gasteiger partial charge in [0.1, 0.15) is 0 Å². The maximum Gasteiger partial charge on any atom is 0.234 e. The largest absolute Gasteiger partial charge is 0.351 e. The van der Waals surface area contributed by atoms with E-state index in [4.69, 9.17) is 5.73 Å². The summed E-state index contributed by atoms with van der Waals surface area (Å²) in [4.78, 5) is 13.4. The molecule has 1 aromatic rings. The summed E-state index contributed by atoms with van der Waals surface area (Å²) in [7, 11) is 3.99. The van der Waals surface area contributed by atoms with Gasteiger partial charge in [-0.15, -0.1) is 24.8 Å². The lowest BCUT2D eigenvalue weighted by molar-refractivity contribution is -0.120. The Balaban J connectivity index is 0. The van der Waals surface area contributed by atoms with Gasteiger partial charge in [-0.2, -0.15) is 0 Å². The Kier molecular flexibility index (Phi) is 11.9. The number of rotatable bonds is 6. The Morgan fingerprint density at radius 1 is 1.26 bits per heavy atom. The molecule has 4 nitrogen and oxygen atoms in total. The lowest BCUT2D eigenvalue weighted by Crippen LogP contribution is -2.45. The van der Waals surface area contributed by atoms with Crippen molar-refractivity contribution in [3.8, 4) is 0 Å². The number of nitrogens with zero attached hydrogens (tertiary/aromatic N) is 1. The SMILES string of the molecule is CN(C)CC(Cc1ccccc1)NC(=O)CN.Cl.Cl. The molecule has 0 bridgehead atoms. The third kappa shape index (κ3) is 8.83. The molecule has 1 unspecified atom stereocenters. The summed E-state index contributed by atoms with van der Waals surface area (Å²) in [5.41, 5.74) is 6.54. The maximum absolute atomic E-state index is 11.3. The van der Waals surface area contributed by atoms with Gasteiger partial charge < -0.3 is 16.0 Å². The monoisotopic (exact) mass is 307 g/mol. The second-order valence-electron chi connectivity index (χ2n) is 4.42. The molecule has 3 N–H and O–H groups in total. The van der Waals surface area contributed by atoms with Crippen LogP contribution in [0.5, 0.6) is 0 Å². The molecule has 0 spiro atoms. The summed E-state index contributed by atoms with van der Waals surface area (Å²) in [6.45, 7) is 0.847. The van der Waals surface area contributed by atoms with Crippen molar-refractivity contribution in [2.75, 3.05) is 27.2 Å². The van der Waals surface area contributed by atoms with Crippen LogP contribution in [0.1, 0.15) is 5.56 Å². The minimum absolute atomic E-state index is 0. The Hall–Kier alpha value is -0.810. The first-order chi connectivity index (χ1) is 8.11. The molecule has 0 saturated heterocycles. The third-order valence-corrected chi connectivity index (χ3v) is 2.46. The van der Waals surface area contributed by atoms with E-state index >= 15 is 0 Å². The molecule has 1 amide bonds. The van der Waals surface area contributed by atoms with Crippen LogP contribution in [0.4, 0.5) is 0 Å². The zero-order valence-electron chi connectivity index (χ0n) is 11.3. The van der Waals surface area contributed by atoms with E-state index in [0.29, 0.717) is 0 Å². The fourth-order valence-electron chi connectivity index (χ4n) is 1.79. The standard InChI is InChI=1S/C13H21N3O.2ClH/c1-16(2)10-12(15-13(17)9-14)8-11-6-4-3-5-7-11;;/h3-7,12H,8-10,14H2,1-2H3,(H,15,17);2*1H. The Bertz CT molecular complexity index is 347. The molecule has 0 radical (unpaired) electrons. The van der Waals surface area contributed by atoms with E-state index in [1.807, 2.05) is 32.3 Å². The van der Waals surface area contributed by atoms with E-state index in [1.165, 1.54) is 5.56 Å². The highest BCUT2D eigenvalue weighted by molar-refractivity contribution is 5.85. The summed E-state index contributed by atoms with van der Waals surface area (Å²) < 4.78 is 0. The highest BCUT2D eigenvalue weighted by Crippen LogP contribution is 2.03. The molecule has 0 fully saturated rings. The lowest BCUT2D eigenvalue weighted by atomic mass is 10.1. The summed E-state index contributed by atoms with van der Waals surface area (Å²) in [5, 5.41) is 2.94. The Labute approximate surface area is 127 Å². The van der Waals surface area contributed by atoms with Crippen molar-refractivity contribution in [3.63, 3.8) is 0 Å². The second kappa shape index (κ2) is 11.1. The molecule has 1 atom stereocenters. The van der Waals surface area contributed by atoms with Gasteiger partial charge in [-0.05, 0) is 26.1 Å². The number of benzene rings is 1. The molecule has 0 aliphatic rings. The Morgan fingerprint density at radius 2 is 1.84 bits per heavy atom. The fourth-order valence-corrected chi connectivity index (χ4v) is 1.79. The molecule has 0 aromatic heterocycles. The normalized spacial score (nSPS) is 11.2. The summed E-state index contributed by atoms with van der Waals surface area (Å²) in [6, 6.07) is 10.2. The predicted octanol–water partition coefficient (Wildman–Crippen LogP) is 1.08. The first-order valence-electron chi connectivity index (χ1n) is 5.80. The van der Waals surface area contributed by atoms with Crippen molar-refractivity contribution in [1.82, 2.24) is 10.2 Å². The van der Waals surface area contributed by atoms with Crippen molar-refractivity contribution in [3.05, 3.63) is 35.9 Å². The average molecular weight is 308 g/mol. The van der Waals surface area contributed by atoms with Gasteiger partial charge in [-0.1, -0.05) is 30.3 Å². The van der Waals surface area contributed by atoms with Gasteiger partial charge in [0.05, 0.1) is 6.54 Å². The number of hydrogen-bond acceptors (Lipinski definition) is 3. The van der Waals surface area contributed by atoms with Gasteiger partial charge in [0.25, 0.3) is 0 Å².